The van der Waals surface area contributed by atoms with E-state index < -0.39 is 5.97 Å². The van der Waals surface area contributed by atoms with Gasteiger partial charge >= 0.3 is 5.97 Å². The molecule has 5 nitrogen and oxygen atoms in total. The smallest absolute Gasteiger partial charge is 0.335 e. The quantitative estimate of drug-likeness (QED) is 0.885. The first-order valence-corrected chi connectivity index (χ1v) is 6.47. The minimum Gasteiger partial charge on any atom is -0.494 e. The van der Waals surface area contributed by atoms with Gasteiger partial charge in [-0.2, -0.15) is 0 Å². The molecule has 1 amide bonds. The molecule has 5 heteroatoms. The van der Waals surface area contributed by atoms with Gasteiger partial charge in [0.1, 0.15) is 5.75 Å². The molecule has 2 N–H and O–H groups in total. The maximum atomic E-state index is 12.0. The molecule has 0 aliphatic rings. The van der Waals surface area contributed by atoms with E-state index in [1.807, 2.05) is 6.92 Å². The number of nitrogens with one attached hydrogen (secondary N) is 1. The van der Waals surface area contributed by atoms with Crippen LogP contribution in [-0.2, 0) is 0 Å². The van der Waals surface area contributed by atoms with Crippen molar-refractivity contribution < 1.29 is 19.4 Å². The minimum absolute atomic E-state index is 0.146. The van der Waals surface area contributed by atoms with E-state index in [-0.39, 0.29) is 11.5 Å². The maximum Gasteiger partial charge on any atom is 0.335 e. The van der Waals surface area contributed by atoms with Crippen molar-refractivity contribution in [3.63, 3.8) is 0 Å². The molecule has 0 radical (unpaired) electrons. The fourth-order valence-electron chi connectivity index (χ4n) is 1.77. The summed E-state index contributed by atoms with van der Waals surface area (Å²) in [6.07, 6.45) is 0. The first-order valence-electron chi connectivity index (χ1n) is 6.47. The lowest BCUT2D eigenvalue weighted by atomic mass is 10.1. The monoisotopic (exact) mass is 285 g/mol. The molecule has 0 atom stereocenters. The number of hydrogen-bond acceptors (Lipinski definition) is 3. The van der Waals surface area contributed by atoms with Crippen LogP contribution in [0.4, 0.5) is 5.69 Å². The molecule has 21 heavy (non-hydrogen) atoms. The van der Waals surface area contributed by atoms with E-state index in [1.54, 1.807) is 24.3 Å². The van der Waals surface area contributed by atoms with E-state index >= 15 is 0 Å². The highest BCUT2D eigenvalue weighted by Gasteiger charge is 2.08. The van der Waals surface area contributed by atoms with Crippen molar-refractivity contribution in [2.24, 2.45) is 0 Å². The van der Waals surface area contributed by atoms with Crippen LogP contribution in [0, 0.1) is 0 Å². The van der Waals surface area contributed by atoms with Crippen molar-refractivity contribution in [2.75, 3.05) is 11.9 Å². The van der Waals surface area contributed by atoms with Gasteiger partial charge in [0, 0.05) is 11.3 Å². The normalized spacial score (nSPS) is 9.95. The SMILES string of the molecule is CCOc1ccc(NC(=O)c2ccc(C(=O)O)cc2)cc1. The summed E-state index contributed by atoms with van der Waals surface area (Å²) in [5.74, 6) is -0.578. The first-order chi connectivity index (χ1) is 10.1. The van der Waals surface area contributed by atoms with Gasteiger partial charge in [0.05, 0.1) is 12.2 Å². The Morgan fingerprint density at radius 2 is 1.57 bits per heavy atom. The van der Waals surface area contributed by atoms with Crippen LogP contribution in [0.3, 0.4) is 0 Å². The van der Waals surface area contributed by atoms with Crippen LogP contribution >= 0.6 is 0 Å². The Bertz CT molecular complexity index is 632. The van der Waals surface area contributed by atoms with Crippen molar-refractivity contribution in [1.82, 2.24) is 0 Å². The molecular weight excluding hydrogens is 270 g/mol. The lowest BCUT2D eigenvalue weighted by Crippen LogP contribution is -2.12. The topological polar surface area (TPSA) is 75.6 Å². The Kier molecular flexibility index (Phi) is 4.56. The highest BCUT2D eigenvalue weighted by Crippen LogP contribution is 2.16. The van der Waals surface area contributed by atoms with Gasteiger partial charge < -0.3 is 15.2 Å². The zero-order chi connectivity index (χ0) is 15.2. The molecule has 0 bridgehead atoms. The van der Waals surface area contributed by atoms with Crippen LogP contribution in [0.5, 0.6) is 5.75 Å². The summed E-state index contributed by atoms with van der Waals surface area (Å²) in [7, 11) is 0. The van der Waals surface area contributed by atoms with Gasteiger partial charge in [-0.05, 0) is 55.5 Å². The number of ether oxygens (including phenoxy) is 1. The molecule has 0 saturated carbocycles. The highest BCUT2D eigenvalue weighted by atomic mass is 16.5. The molecule has 0 saturated heterocycles. The molecule has 0 unspecified atom stereocenters. The van der Waals surface area contributed by atoms with Crippen LogP contribution < -0.4 is 10.1 Å². The Morgan fingerprint density at radius 1 is 1.00 bits per heavy atom. The van der Waals surface area contributed by atoms with E-state index in [0.29, 0.717) is 17.9 Å². The summed E-state index contributed by atoms with van der Waals surface area (Å²) in [5, 5.41) is 11.5. The highest BCUT2D eigenvalue weighted by molar-refractivity contribution is 6.04. The fraction of sp³-hybridized carbons (Fsp3) is 0.125. The number of anilines is 1. The number of carbonyl (C=O) groups is 2. The molecule has 0 aromatic heterocycles. The lowest BCUT2D eigenvalue weighted by molar-refractivity contribution is 0.0696. The molecule has 0 aliphatic heterocycles. The third-order valence-electron chi connectivity index (χ3n) is 2.82. The van der Waals surface area contributed by atoms with E-state index in [4.69, 9.17) is 9.84 Å². The average Bonchev–Trinajstić information content (AvgIpc) is 2.49. The third-order valence-corrected chi connectivity index (χ3v) is 2.82. The lowest BCUT2D eigenvalue weighted by Gasteiger charge is -2.07. The van der Waals surface area contributed by atoms with Crippen molar-refractivity contribution in [1.29, 1.82) is 0 Å². The van der Waals surface area contributed by atoms with Crippen LogP contribution in [0.2, 0.25) is 0 Å². The molecular formula is C16H15NO4. The van der Waals surface area contributed by atoms with Crippen molar-refractivity contribution in [3.8, 4) is 5.75 Å². The van der Waals surface area contributed by atoms with Crippen molar-refractivity contribution in [2.45, 2.75) is 6.92 Å². The van der Waals surface area contributed by atoms with Crippen LogP contribution in [0.1, 0.15) is 27.6 Å². The summed E-state index contributed by atoms with van der Waals surface area (Å²) in [6.45, 7) is 2.48. The van der Waals surface area contributed by atoms with Gasteiger partial charge in [-0.1, -0.05) is 0 Å². The Hall–Kier alpha value is -2.82. The van der Waals surface area contributed by atoms with E-state index in [9.17, 15) is 9.59 Å². The predicted octanol–water partition coefficient (Wildman–Crippen LogP) is 3.04. The first kappa shape index (κ1) is 14.6. The largest absolute Gasteiger partial charge is 0.494 e. The molecule has 2 rings (SSSR count). The van der Waals surface area contributed by atoms with Gasteiger partial charge in [0.25, 0.3) is 5.91 Å². The second-order valence-corrected chi connectivity index (χ2v) is 4.29. The van der Waals surface area contributed by atoms with Gasteiger partial charge in [-0.15, -0.1) is 0 Å². The van der Waals surface area contributed by atoms with Crippen LogP contribution in [-0.4, -0.2) is 23.6 Å². The van der Waals surface area contributed by atoms with Gasteiger partial charge in [0.15, 0.2) is 0 Å². The number of aromatic carboxylic acids is 1. The molecule has 0 heterocycles. The van der Waals surface area contributed by atoms with Gasteiger partial charge in [0.2, 0.25) is 0 Å². The van der Waals surface area contributed by atoms with E-state index in [1.165, 1.54) is 24.3 Å². The molecule has 0 fully saturated rings. The number of carbonyl (C=O) groups excluding carboxylic acids is 1. The summed E-state index contributed by atoms with van der Waals surface area (Å²) in [5.41, 5.74) is 1.19. The standard InChI is InChI=1S/C16H15NO4/c1-2-21-14-9-7-13(8-10-14)17-15(18)11-3-5-12(6-4-11)16(19)20/h3-10H,2H2,1H3,(H,17,18)(H,19,20). The predicted molar refractivity (Wildman–Crippen MR) is 79.0 cm³/mol. The zero-order valence-electron chi connectivity index (χ0n) is 11.5. The van der Waals surface area contributed by atoms with E-state index in [0.717, 1.165) is 5.75 Å². The molecule has 0 aliphatic carbocycles. The zero-order valence-corrected chi connectivity index (χ0v) is 11.5. The minimum atomic E-state index is -1.02. The summed E-state index contributed by atoms with van der Waals surface area (Å²) in [4.78, 5) is 22.8. The average molecular weight is 285 g/mol. The fourth-order valence-corrected chi connectivity index (χ4v) is 1.77. The number of amides is 1. The van der Waals surface area contributed by atoms with Crippen molar-refractivity contribution >= 4 is 17.6 Å². The summed E-state index contributed by atoms with van der Waals surface area (Å²) < 4.78 is 5.32. The summed E-state index contributed by atoms with van der Waals surface area (Å²) >= 11 is 0. The van der Waals surface area contributed by atoms with E-state index in [2.05, 4.69) is 5.32 Å². The number of benzene rings is 2. The Morgan fingerprint density at radius 3 is 2.10 bits per heavy atom. The molecule has 108 valence electrons. The maximum absolute atomic E-state index is 12.0. The second-order valence-electron chi connectivity index (χ2n) is 4.29. The number of hydrogen-bond donors (Lipinski definition) is 2. The third kappa shape index (κ3) is 3.82. The van der Waals surface area contributed by atoms with Crippen LogP contribution in [0.25, 0.3) is 0 Å². The van der Waals surface area contributed by atoms with Crippen molar-refractivity contribution in [3.05, 3.63) is 59.7 Å². The Balaban J connectivity index is 2.05. The summed E-state index contributed by atoms with van der Waals surface area (Å²) in [6, 6.07) is 12.8. The molecule has 2 aromatic carbocycles. The Labute approximate surface area is 122 Å². The van der Waals surface area contributed by atoms with Gasteiger partial charge in [-0.3, -0.25) is 4.79 Å². The van der Waals surface area contributed by atoms with Gasteiger partial charge in [-0.25, -0.2) is 4.79 Å². The molecule has 2 aromatic rings. The number of rotatable bonds is 5. The van der Waals surface area contributed by atoms with Crippen LogP contribution in [0.15, 0.2) is 48.5 Å². The molecule has 0 spiro atoms. The number of carboxylic acid groups (broad SMARTS) is 1. The number of carboxylic acids is 1. The second kappa shape index (κ2) is 6.56.